The lowest BCUT2D eigenvalue weighted by Crippen LogP contribution is -2.24. The summed E-state index contributed by atoms with van der Waals surface area (Å²) < 4.78 is 0. The highest BCUT2D eigenvalue weighted by Crippen LogP contribution is 2.20. The zero-order valence-electron chi connectivity index (χ0n) is 12.7. The molecule has 0 spiro atoms. The summed E-state index contributed by atoms with van der Waals surface area (Å²) in [7, 11) is 2.02. The lowest BCUT2D eigenvalue weighted by molar-refractivity contribution is 0.581. The fourth-order valence-corrected chi connectivity index (χ4v) is 2.13. The summed E-state index contributed by atoms with van der Waals surface area (Å²) in [6.45, 7) is 5.67. The zero-order valence-corrected chi connectivity index (χ0v) is 13.4. The number of anilines is 1. The maximum atomic E-state index is 6.22. The Morgan fingerprint density at radius 2 is 1.90 bits per heavy atom. The van der Waals surface area contributed by atoms with Gasteiger partial charge in [-0.15, -0.1) is 0 Å². The quantitative estimate of drug-likeness (QED) is 0.889. The van der Waals surface area contributed by atoms with Gasteiger partial charge in [-0.25, -0.2) is 4.98 Å². The molecule has 2 heterocycles. The normalized spacial score (nSPS) is 10.9. The second-order valence-corrected chi connectivity index (χ2v) is 5.75. The third-order valence-electron chi connectivity index (χ3n) is 3.14. The van der Waals surface area contributed by atoms with Gasteiger partial charge in [0, 0.05) is 38.6 Å². The van der Waals surface area contributed by atoms with Crippen molar-refractivity contribution in [2.24, 2.45) is 0 Å². The molecular formula is C16H21ClN4. The number of rotatable bonds is 6. The summed E-state index contributed by atoms with van der Waals surface area (Å²) in [4.78, 5) is 10.8. The molecule has 0 unspecified atom stereocenters. The summed E-state index contributed by atoms with van der Waals surface area (Å²) in [5.74, 6) is 0.914. The molecule has 2 aromatic heterocycles. The van der Waals surface area contributed by atoms with Gasteiger partial charge in [-0.2, -0.15) is 0 Å². The van der Waals surface area contributed by atoms with Crippen LogP contribution in [0.2, 0.25) is 5.02 Å². The molecule has 4 nitrogen and oxygen atoms in total. The molecule has 112 valence electrons. The summed E-state index contributed by atoms with van der Waals surface area (Å²) in [5, 5.41) is 4.04. The molecule has 0 saturated heterocycles. The first kappa shape index (κ1) is 15.7. The van der Waals surface area contributed by atoms with Crippen molar-refractivity contribution in [2.45, 2.75) is 33.0 Å². The molecular weight excluding hydrogens is 284 g/mol. The topological polar surface area (TPSA) is 41.1 Å². The molecule has 2 rings (SSSR count). The van der Waals surface area contributed by atoms with Crippen molar-refractivity contribution < 1.29 is 0 Å². The van der Waals surface area contributed by atoms with Crippen molar-refractivity contribution in [3.63, 3.8) is 0 Å². The molecule has 0 fully saturated rings. The second-order valence-electron chi connectivity index (χ2n) is 5.35. The minimum Gasteiger partial charge on any atom is -0.355 e. The van der Waals surface area contributed by atoms with E-state index in [1.54, 1.807) is 12.4 Å². The smallest absolute Gasteiger partial charge is 0.129 e. The van der Waals surface area contributed by atoms with Gasteiger partial charge in [0.25, 0.3) is 0 Å². The molecule has 0 radical (unpaired) electrons. The van der Waals surface area contributed by atoms with Gasteiger partial charge in [0.05, 0.1) is 10.7 Å². The van der Waals surface area contributed by atoms with Crippen molar-refractivity contribution in [3.05, 3.63) is 52.9 Å². The molecule has 5 heteroatoms. The number of hydrogen-bond donors (Lipinski definition) is 1. The molecule has 0 saturated carbocycles. The van der Waals surface area contributed by atoms with Crippen molar-refractivity contribution in [1.29, 1.82) is 0 Å². The average Bonchev–Trinajstić information content (AvgIpc) is 2.47. The summed E-state index contributed by atoms with van der Waals surface area (Å²) >= 11 is 6.22. The van der Waals surface area contributed by atoms with E-state index in [0.717, 1.165) is 18.1 Å². The van der Waals surface area contributed by atoms with Crippen molar-refractivity contribution >= 4 is 17.4 Å². The highest BCUT2D eigenvalue weighted by Gasteiger charge is 2.08. The molecule has 0 atom stereocenters. The predicted octanol–water partition coefficient (Wildman–Crippen LogP) is 3.26. The van der Waals surface area contributed by atoms with Crippen molar-refractivity contribution in [2.75, 3.05) is 11.9 Å². The Labute approximate surface area is 131 Å². The largest absolute Gasteiger partial charge is 0.355 e. The highest BCUT2D eigenvalue weighted by molar-refractivity contribution is 6.31. The second kappa shape index (κ2) is 7.38. The van der Waals surface area contributed by atoms with Crippen LogP contribution in [0.1, 0.15) is 25.1 Å². The predicted molar refractivity (Wildman–Crippen MR) is 87.6 cm³/mol. The van der Waals surface area contributed by atoms with E-state index in [-0.39, 0.29) is 0 Å². The summed E-state index contributed by atoms with van der Waals surface area (Å²) in [5.41, 5.74) is 2.08. The number of aromatic nitrogens is 2. The molecule has 0 bridgehead atoms. The summed E-state index contributed by atoms with van der Waals surface area (Å²) in [6, 6.07) is 8.27. The molecule has 1 N–H and O–H groups in total. The van der Waals surface area contributed by atoms with Gasteiger partial charge >= 0.3 is 0 Å². The maximum Gasteiger partial charge on any atom is 0.129 e. The van der Waals surface area contributed by atoms with Crippen LogP contribution in [0, 0.1) is 0 Å². The first-order chi connectivity index (χ1) is 10.1. The Hall–Kier alpha value is -1.65. The van der Waals surface area contributed by atoms with E-state index in [0.29, 0.717) is 17.6 Å². The monoisotopic (exact) mass is 304 g/mol. The Kier molecular flexibility index (Phi) is 5.53. The number of pyridine rings is 2. The Bertz CT molecular complexity index is 572. The van der Waals surface area contributed by atoms with E-state index >= 15 is 0 Å². The SMILES string of the molecule is CC(C)NCc1nc(N(C)Cc2ccncc2)ccc1Cl. The van der Waals surface area contributed by atoms with Gasteiger partial charge in [0.15, 0.2) is 0 Å². The molecule has 0 aliphatic heterocycles. The third-order valence-corrected chi connectivity index (χ3v) is 3.49. The lowest BCUT2D eigenvalue weighted by Gasteiger charge is -2.19. The number of halogens is 1. The van der Waals surface area contributed by atoms with Gasteiger partial charge in [-0.3, -0.25) is 4.98 Å². The van der Waals surface area contributed by atoms with Crippen LogP contribution in [-0.4, -0.2) is 23.1 Å². The van der Waals surface area contributed by atoms with E-state index in [1.165, 1.54) is 5.56 Å². The van der Waals surface area contributed by atoms with Crippen LogP contribution in [0.5, 0.6) is 0 Å². The van der Waals surface area contributed by atoms with Crippen LogP contribution < -0.4 is 10.2 Å². The van der Waals surface area contributed by atoms with E-state index < -0.39 is 0 Å². The molecule has 0 aliphatic carbocycles. The molecule has 21 heavy (non-hydrogen) atoms. The fourth-order valence-electron chi connectivity index (χ4n) is 1.95. The average molecular weight is 305 g/mol. The maximum absolute atomic E-state index is 6.22. The van der Waals surface area contributed by atoms with E-state index in [2.05, 4.69) is 34.0 Å². The molecule has 0 aromatic carbocycles. The van der Waals surface area contributed by atoms with E-state index in [9.17, 15) is 0 Å². The van der Waals surface area contributed by atoms with Gasteiger partial charge in [0.1, 0.15) is 5.82 Å². The summed E-state index contributed by atoms with van der Waals surface area (Å²) in [6.07, 6.45) is 3.60. The lowest BCUT2D eigenvalue weighted by atomic mass is 10.2. The van der Waals surface area contributed by atoms with Crippen LogP contribution >= 0.6 is 11.6 Å². The molecule has 2 aromatic rings. The Morgan fingerprint density at radius 3 is 2.57 bits per heavy atom. The van der Waals surface area contributed by atoms with Crippen LogP contribution in [0.4, 0.5) is 5.82 Å². The molecule has 0 amide bonds. The van der Waals surface area contributed by atoms with Crippen LogP contribution in [0.25, 0.3) is 0 Å². The van der Waals surface area contributed by atoms with E-state index in [1.807, 2.05) is 31.3 Å². The van der Waals surface area contributed by atoms with Gasteiger partial charge in [-0.05, 0) is 29.8 Å². The minimum atomic E-state index is 0.404. The van der Waals surface area contributed by atoms with E-state index in [4.69, 9.17) is 11.6 Å². The first-order valence-corrected chi connectivity index (χ1v) is 7.43. The Balaban J connectivity index is 2.10. The fraction of sp³-hybridized carbons (Fsp3) is 0.375. The molecule has 0 aliphatic rings. The first-order valence-electron chi connectivity index (χ1n) is 7.05. The van der Waals surface area contributed by atoms with Crippen LogP contribution in [-0.2, 0) is 13.1 Å². The Morgan fingerprint density at radius 1 is 1.19 bits per heavy atom. The van der Waals surface area contributed by atoms with Gasteiger partial charge in [-0.1, -0.05) is 25.4 Å². The minimum absolute atomic E-state index is 0.404. The van der Waals surface area contributed by atoms with Crippen molar-refractivity contribution in [3.8, 4) is 0 Å². The number of hydrogen-bond acceptors (Lipinski definition) is 4. The number of nitrogens with one attached hydrogen (secondary N) is 1. The van der Waals surface area contributed by atoms with Gasteiger partial charge < -0.3 is 10.2 Å². The van der Waals surface area contributed by atoms with Crippen LogP contribution in [0.15, 0.2) is 36.7 Å². The standard InChI is InChI=1S/C16H21ClN4/c1-12(2)19-10-15-14(17)4-5-16(20-15)21(3)11-13-6-8-18-9-7-13/h4-9,12,19H,10-11H2,1-3H3. The highest BCUT2D eigenvalue weighted by atomic mass is 35.5. The van der Waals surface area contributed by atoms with Crippen LogP contribution in [0.3, 0.4) is 0 Å². The third kappa shape index (κ3) is 4.69. The zero-order chi connectivity index (χ0) is 15.2. The van der Waals surface area contributed by atoms with Gasteiger partial charge in [0.2, 0.25) is 0 Å². The van der Waals surface area contributed by atoms with Crippen molar-refractivity contribution in [1.82, 2.24) is 15.3 Å². The number of nitrogens with zero attached hydrogens (tertiary/aromatic N) is 3.